The highest BCUT2D eigenvalue weighted by Gasteiger charge is 2.35. The lowest BCUT2D eigenvalue weighted by molar-refractivity contribution is 0.660. The third kappa shape index (κ3) is 4.87. The lowest BCUT2D eigenvalue weighted by Gasteiger charge is -2.22. The van der Waals surface area contributed by atoms with Crippen LogP contribution in [0.5, 0.6) is 0 Å². The molecule has 12 rings (SSSR count). The lowest BCUT2D eigenvalue weighted by atomic mass is 9.81. The van der Waals surface area contributed by atoms with Crippen molar-refractivity contribution in [2.75, 3.05) is 0 Å². The molecule has 1 aliphatic carbocycles. The van der Waals surface area contributed by atoms with Crippen LogP contribution in [0.1, 0.15) is 25.0 Å². The second-order valence-electron chi connectivity index (χ2n) is 16.5. The first kappa shape index (κ1) is 32.2. The van der Waals surface area contributed by atoms with Crippen molar-refractivity contribution >= 4 is 64.6 Å². The molecule has 0 fully saturated rings. The van der Waals surface area contributed by atoms with Gasteiger partial charge in [-0.3, -0.25) is 0 Å². The van der Waals surface area contributed by atoms with Gasteiger partial charge in [0.05, 0.1) is 0 Å². The Kier molecular flexibility index (Phi) is 6.78. The molecular weight excluding hydrogens is 685 g/mol. The topological polar surface area (TPSA) is 0 Å². The molecule has 0 saturated carbocycles. The van der Waals surface area contributed by atoms with Crippen molar-refractivity contribution < 1.29 is 0 Å². The van der Waals surface area contributed by atoms with Crippen LogP contribution in [0, 0.1) is 0 Å². The summed E-state index contributed by atoms with van der Waals surface area (Å²) in [7, 11) is 0. The van der Waals surface area contributed by atoms with Gasteiger partial charge in [0, 0.05) is 5.41 Å². The van der Waals surface area contributed by atoms with E-state index in [4.69, 9.17) is 0 Å². The van der Waals surface area contributed by atoms with Crippen LogP contribution in [-0.2, 0) is 5.41 Å². The van der Waals surface area contributed by atoms with Gasteiger partial charge in [0.1, 0.15) is 0 Å². The SMILES string of the molecule is CC1(C)c2ccccc2-c2ccc(-c3ccc4cc(-c5ccc6ccc(-c7cc8ccc9ccc%10ccccc%10c9c8c8ccccc78)cc6c5)ccc4c3)cc21. The summed E-state index contributed by atoms with van der Waals surface area (Å²) in [6, 6.07) is 72.8. The van der Waals surface area contributed by atoms with Crippen molar-refractivity contribution in [3.63, 3.8) is 0 Å². The Bertz CT molecular complexity index is 3490. The van der Waals surface area contributed by atoms with Gasteiger partial charge in [0.25, 0.3) is 0 Å². The molecule has 0 atom stereocenters. The maximum absolute atomic E-state index is 2.42. The minimum Gasteiger partial charge on any atom is -0.0619 e. The molecule has 0 unspecified atom stereocenters. The Labute approximate surface area is 332 Å². The van der Waals surface area contributed by atoms with Crippen molar-refractivity contribution in [1.82, 2.24) is 0 Å². The normalized spacial score (nSPS) is 13.2. The second kappa shape index (κ2) is 12.0. The zero-order valence-electron chi connectivity index (χ0n) is 32.0. The fraction of sp³-hybridized carbons (Fsp3) is 0.0526. The van der Waals surface area contributed by atoms with Crippen molar-refractivity contribution in [3.8, 4) is 44.5 Å². The number of rotatable bonds is 3. The number of benzene rings is 11. The molecule has 11 aromatic carbocycles. The van der Waals surface area contributed by atoms with Crippen LogP contribution in [0.15, 0.2) is 194 Å². The summed E-state index contributed by atoms with van der Waals surface area (Å²) in [6.45, 7) is 4.70. The Morgan fingerprint density at radius 3 is 1.53 bits per heavy atom. The standard InChI is InChI=1S/C57H38/c1-57(2)53-14-8-7-12-49(53)50-28-27-43(34-54(50)57)41-24-23-38-29-40(22-21-39(38)30-41)42-20-15-35-16-25-44(32-46(35)31-42)52-33-45-26-19-37-18-17-36-9-3-4-10-47(36)55(37)56(45)51-13-6-5-11-48(51)52/h3-34H,1-2H3. The average molecular weight is 723 g/mol. The van der Waals surface area contributed by atoms with Crippen molar-refractivity contribution in [1.29, 1.82) is 0 Å². The smallest absolute Gasteiger partial charge is 0.0159 e. The van der Waals surface area contributed by atoms with E-state index in [0.717, 1.165) is 0 Å². The molecule has 0 aliphatic heterocycles. The molecule has 11 aromatic rings. The van der Waals surface area contributed by atoms with Crippen molar-refractivity contribution in [2.45, 2.75) is 19.3 Å². The molecule has 0 aromatic heterocycles. The van der Waals surface area contributed by atoms with Crippen LogP contribution in [0.4, 0.5) is 0 Å². The maximum Gasteiger partial charge on any atom is 0.0159 e. The van der Waals surface area contributed by atoms with E-state index in [9.17, 15) is 0 Å². The molecule has 0 nitrogen and oxygen atoms in total. The Balaban J connectivity index is 0.924. The number of hydrogen-bond acceptors (Lipinski definition) is 0. The summed E-state index contributed by atoms with van der Waals surface area (Å²) in [5.41, 5.74) is 13.0. The second-order valence-corrected chi connectivity index (χ2v) is 16.5. The zero-order chi connectivity index (χ0) is 37.8. The maximum atomic E-state index is 2.42. The van der Waals surface area contributed by atoms with Gasteiger partial charge >= 0.3 is 0 Å². The molecule has 266 valence electrons. The molecule has 0 N–H and O–H groups in total. The van der Waals surface area contributed by atoms with E-state index >= 15 is 0 Å². The van der Waals surface area contributed by atoms with E-state index in [0.29, 0.717) is 0 Å². The van der Waals surface area contributed by atoms with Crippen LogP contribution in [0.25, 0.3) is 109 Å². The zero-order valence-corrected chi connectivity index (χ0v) is 32.0. The quantitative estimate of drug-likeness (QED) is 0.159. The van der Waals surface area contributed by atoms with Crippen LogP contribution < -0.4 is 0 Å². The largest absolute Gasteiger partial charge is 0.0619 e. The van der Waals surface area contributed by atoms with E-state index < -0.39 is 0 Å². The highest BCUT2D eigenvalue weighted by molar-refractivity contribution is 6.29. The average Bonchev–Trinajstić information content (AvgIpc) is 3.50. The van der Waals surface area contributed by atoms with Crippen LogP contribution in [0.3, 0.4) is 0 Å². The number of fused-ring (bicyclic) bond motifs is 12. The molecule has 0 radical (unpaired) electrons. The minimum absolute atomic E-state index is 0.0113. The molecule has 0 heterocycles. The number of hydrogen-bond donors (Lipinski definition) is 0. The summed E-state index contributed by atoms with van der Waals surface area (Å²) < 4.78 is 0. The van der Waals surface area contributed by atoms with Crippen LogP contribution in [0.2, 0.25) is 0 Å². The van der Waals surface area contributed by atoms with Gasteiger partial charge < -0.3 is 0 Å². The highest BCUT2D eigenvalue weighted by Crippen LogP contribution is 2.50. The Morgan fingerprint density at radius 1 is 0.263 bits per heavy atom. The first-order valence-corrected chi connectivity index (χ1v) is 20.1. The van der Waals surface area contributed by atoms with Crippen LogP contribution >= 0.6 is 0 Å². The fourth-order valence-corrected chi connectivity index (χ4v) is 10.0. The first-order chi connectivity index (χ1) is 28.0. The molecule has 1 aliphatic rings. The first-order valence-electron chi connectivity index (χ1n) is 20.1. The summed E-state index contributed by atoms with van der Waals surface area (Å²) >= 11 is 0. The summed E-state index contributed by atoms with van der Waals surface area (Å²) in [5.74, 6) is 0. The van der Waals surface area contributed by atoms with E-state index in [1.807, 2.05) is 0 Å². The summed E-state index contributed by atoms with van der Waals surface area (Å²) in [4.78, 5) is 0. The fourth-order valence-electron chi connectivity index (χ4n) is 10.0. The molecule has 0 spiro atoms. The van der Waals surface area contributed by atoms with E-state index in [1.165, 1.54) is 120 Å². The van der Waals surface area contributed by atoms with Gasteiger partial charge in [-0.2, -0.15) is 0 Å². The highest BCUT2D eigenvalue weighted by atomic mass is 14.4. The molecule has 0 amide bonds. The third-order valence-corrected chi connectivity index (χ3v) is 13.0. The van der Waals surface area contributed by atoms with Crippen LogP contribution in [-0.4, -0.2) is 0 Å². The lowest BCUT2D eigenvalue weighted by Crippen LogP contribution is -2.14. The van der Waals surface area contributed by atoms with Gasteiger partial charge in [-0.05, 0) is 157 Å². The predicted molar refractivity (Wildman–Crippen MR) is 245 cm³/mol. The van der Waals surface area contributed by atoms with Crippen molar-refractivity contribution in [3.05, 3.63) is 205 Å². The third-order valence-electron chi connectivity index (χ3n) is 13.0. The van der Waals surface area contributed by atoms with E-state index in [-0.39, 0.29) is 5.41 Å². The Hall–Kier alpha value is -7.02. The van der Waals surface area contributed by atoms with Gasteiger partial charge in [0.15, 0.2) is 0 Å². The monoisotopic (exact) mass is 722 g/mol. The molecule has 0 saturated heterocycles. The summed E-state index contributed by atoms with van der Waals surface area (Å²) in [5, 5.41) is 15.4. The van der Waals surface area contributed by atoms with Gasteiger partial charge in [-0.25, -0.2) is 0 Å². The Morgan fingerprint density at radius 2 is 0.754 bits per heavy atom. The van der Waals surface area contributed by atoms with Gasteiger partial charge in [-0.1, -0.05) is 172 Å². The molecule has 0 heteroatoms. The van der Waals surface area contributed by atoms with E-state index in [2.05, 4.69) is 208 Å². The molecular formula is C57H38. The molecule has 57 heavy (non-hydrogen) atoms. The van der Waals surface area contributed by atoms with Gasteiger partial charge in [-0.15, -0.1) is 0 Å². The predicted octanol–water partition coefficient (Wildman–Crippen LogP) is 15.9. The summed E-state index contributed by atoms with van der Waals surface area (Å²) in [6.07, 6.45) is 0. The molecule has 0 bridgehead atoms. The minimum atomic E-state index is -0.0113. The van der Waals surface area contributed by atoms with Gasteiger partial charge in [0.2, 0.25) is 0 Å². The van der Waals surface area contributed by atoms with Crippen molar-refractivity contribution in [2.24, 2.45) is 0 Å². The van der Waals surface area contributed by atoms with E-state index in [1.54, 1.807) is 0 Å².